The van der Waals surface area contributed by atoms with Crippen LogP contribution in [-0.4, -0.2) is 23.1 Å². The standard InChI is InChI=1S/C17H21BrN4/c1-12-7-9-22(10-8-12)17-19-13(2)11-16(21-17)20-15-5-3-14(18)4-6-15/h3-6,11-12H,7-10H2,1-2H3,(H,19,20,21). The zero-order valence-electron chi connectivity index (χ0n) is 13.0. The van der Waals surface area contributed by atoms with Crippen LogP contribution >= 0.6 is 15.9 Å². The summed E-state index contributed by atoms with van der Waals surface area (Å²) < 4.78 is 1.07. The van der Waals surface area contributed by atoms with E-state index < -0.39 is 0 Å². The Kier molecular flexibility index (Phi) is 4.62. The predicted molar refractivity (Wildman–Crippen MR) is 94.8 cm³/mol. The number of benzene rings is 1. The second kappa shape index (κ2) is 6.65. The highest BCUT2D eigenvalue weighted by Gasteiger charge is 2.18. The third-order valence-corrected chi connectivity index (χ3v) is 4.55. The van der Waals surface area contributed by atoms with Gasteiger partial charge in [-0.2, -0.15) is 4.98 Å². The Morgan fingerprint density at radius 3 is 2.50 bits per heavy atom. The lowest BCUT2D eigenvalue weighted by Crippen LogP contribution is -2.34. The summed E-state index contributed by atoms with van der Waals surface area (Å²) in [5.41, 5.74) is 2.02. The maximum Gasteiger partial charge on any atom is 0.227 e. The van der Waals surface area contributed by atoms with Crippen LogP contribution in [-0.2, 0) is 0 Å². The van der Waals surface area contributed by atoms with E-state index in [1.807, 2.05) is 37.3 Å². The lowest BCUT2D eigenvalue weighted by Gasteiger charge is -2.30. The highest BCUT2D eigenvalue weighted by molar-refractivity contribution is 9.10. The fourth-order valence-electron chi connectivity index (χ4n) is 2.65. The zero-order chi connectivity index (χ0) is 15.5. The number of hydrogen-bond donors (Lipinski definition) is 1. The van der Waals surface area contributed by atoms with Crippen LogP contribution in [0, 0.1) is 12.8 Å². The monoisotopic (exact) mass is 360 g/mol. The van der Waals surface area contributed by atoms with Crippen LogP contribution in [0.5, 0.6) is 0 Å². The Balaban J connectivity index is 1.79. The van der Waals surface area contributed by atoms with E-state index in [1.165, 1.54) is 12.8 Å². The van der Waals surface area contributed by atoms with Gasteiger partial charge in [-0.15, -0.1) is 0 Å². The van der Waals surface area contributed by atoms with Gasteiger partial charge in [-0.3, -0.25) is 0 Å². The van der Waals surface area contributed by atoms with Gasteiger partial charge in [0.05, 0.1) is 0 Å². The molecule has 0 radical (unpaired) electrons. The van der Waals surface area contributed by atoms with Crippen molar-refractivity contribution in [1.82, 2.24) is 9.97 Å². The summed E-state index contributed by atoms with van der Waals surface area (Å²) in [7, 11) is 0. The molecule has 0 bridgehead atoms. The molecule has 1 aromatic carbocycles. The Labute approximate surface area is 140 Å². The maximum atomic E-state index is 4.69. The number of hydrogen-bond acceptors (Lipinski definition) is 4. The molecule has 0 spiro atoms. The minimum atomic E-state index is 0.807. The topological polar surface area (TPSA) is 41.1 Å². The van der Waals surface area contributed by atoms with Gasteiger partial charge in [0.15, 0.2) is 0 Å². The van der Waals surface area contributed by atoms with Gasteiger partial charge in [-0.1, -0.05) is 22.9 Å². The highest BCUT2D eigenvalue weighted by atomic mass is 79.9. The van der Waals surface area contributed by atoms with Gasteiger partial charge in [0, 0.05) is 35.0 Å². The first-order valence-electron chi connectivity index (χ1n) is 7.73. The van der Waals surface area contributed by atoms with E-state index in [9.17, 15) is 0 Å². The van der Waals surface area contributed by atoms with E-state index >= 15 is 0 Å². The summed E-state index contributed by atoms with van der Waals surface area (Å²) in [6.07, 6.45) is 2.43. The Morgan fingerprint density at radius 1 is 1.14 bits per heavy atom. The number of anilines is 3. The van der Waals surface area contributed by atoms with E-state index in [4.69, 9.17) is 4.98 Å². The predicted octanol–water partition coefficient (Wildman–Crippen LogP) is 4.53. The molecule has 1 N–H and O–H groups in total. The number of nitrogens with zero attached hydrogens (tertiary/aromatic N) is 3. The molecule has 0 aliphatic carbocycles. The van der Waals surface area contributed by atoms with Crippen LogP contribution in [0.15, 0.2) is 34.8 Å². The van der Waals surface area contributed by atoms with Crippen LogP contribution in [0.3, 0.4) is 0 Å². The number of nitrogens with one attached hydrogen (secondary N) is 1. The van der Waals surface area contributed by atoms with E-state index in [0.717, 1.165) is 46.6 Å². The number of rotatable bonds is 3. The molecule has 1 fully saturated rings. The maximum absolute atomic E-state index is 4.69. The highest BCUT2D eigenvalue weighted by Crippen LogP contribution is 2.23. The van der Waals surface area contributed by atoms with Crippen molar-refractivity contribution in [3.8, 4) is 0 Å². The van der Waals surface area contributed by atoms with E-state index in [2.05, 4.69) is 38.1 Å². The smallest absolute Gasteiger partial charge is 0.227 e. The molecule has 0 atom stereocenters. The number of halogens is 1. The van der Waals surface area contributed by atoms with E-state index in [-0.39, 0.29) is 0 Å². The molecule has 3 rings (SSSR count). The third-order valence-electron chi connectivity index (χ3n) is 4.03. The van der Waals surface area contributed by atoms with Gasteiger partial charge < -0.3 is 10.2 Å². The minimum absolute atomic E-state index is 0.807. The fraction of sp³-hybridized carbons (Fsp3) is 0.412. The Bertz CT molecular complexity index is 634. The van der Waals surface area contributed by atoms with Crippen molar-refractivity contribution in [3.05, 3.63) is 40.5 Å². The lowest BCUT2D eigenvalue weighted by atomic mass is 10.00. The fourth-order valence-corrected chi connectivity index (χ4v) is 2.91. The SMILES string of the molecule is Cc1cc(Nc2ccc(Br)cc2)nc(N2CCC(C)CC2)n1. The second-order valence-corrected chi connectivity index (χ2v) is 6.91. The van der Waals surface area contributed by atoms with Crippen molar-refractivity contribution < 1.29 is 0 Å². The molecule has 2 heterocycles. The van der Waals surface area contributed by atoms with Crippen LogP contribution in [0.2, 0.25) is 0 Å². The molecule has 1 aromatic heterocycles. The first-order valence-corrected chi connectivity index (χ1v) is 8.53. The molecule has 22 heavy (non-hydrogen) atoms. The van der Waals surface area contributed by atoms with Crippen molar-refractivity contribution in [2.24, 2.45) is 5.92 Å². The summed E-state index contributed by atoms with van der Waals surface area (Å²) in [6.45, 7) is 6.42. The van der Waals surface area contributed by atoms with Crippen LogP contribution in [0.25, 0.3) is 0 Å². The molecule has 4 nitrogen and oxygen atoms in total. The van der Waals surface area contributed by atoms with Gasteiger partial charge >= 0.3 is 0 Å². The van der Waals surface area contributed by atoms with Crippen molar-refractivity contribution >= 4 is 33.4 Å². The van der Waals surface area contributed by atoms with Crippen molar-refractivity contribution in [2.75, 3.05) is 23.3 Å². The van der Waals surface area contributed by atoms with Gasteiger partial charge in [0.2, 0.25) is 5.95 Å². The zero-order valence-corrected chi connectivity index (χ0v) is 14.6. The molecule has 116 valence electrons. The molecule has 1 aliphatic heterocycles. The third kappa shape index (κ3) is 3.77. The summed E-state index contributed by atoms with van der Waals surface area (Å²) in [5.74, 6) is 2.50. The normalized spacial score (nSPS) is 15.9. The molecule has 1 aliphatic rings. The number of aromatic nitrogens is 2. The molecular weight excluding hydrogens is 340 g/mol. The van der Waals surface area contributed by atoms with Crippen molar-refractivity contribution in [1.29, 1.82) is 0 Å². The first kappa shape index (κ1) is 15.3. The molecule has 0 saturated carbocycles. The molecular formula is C17H21BrN4. The van der Waals surface area contributed by atoms with Gasteiger partial charge in [0.25, 0.3) is 0 Å². The Hall–Kier alpha value is -1.62. The summed E-state index contributed by atoms with van der Waals surface area (Å²) in [6, 6.07) is 10.1. The van der Waals surface area contributed by atoms with Crippen LogP contribution < -0.4 is 10.2 Å². The second-order valence-electron chi connectivity index (χ2n) is 6.00. The van der Waals surface area contributed by atoms with Crippen molar-refractivity contribution in [2.45, 2.75) is 26.7 Å². The van der Waals surface area contributed by atoms with Crippen LogP contribution in [0.4, 0.5) is 17.5 Å². The molecule has 2 aromatic rings. The first-order chi connectivity index (χ1) is 10.6. The summed E-state index contributed by atoms with van der Waals surface area (Å²) >= 11 is 3.45. The number of aryl methyl sites for hydroxylation is 1. The average molecular weight is 361 g/mol. The summed E-state index contributed by atoms with van der Waals surface area (Å²) in [4.78, 5) is 11.6. The van der Waals surface area contributed by atoms with E-state index in [1.54, 1.807) is 0 Å². The minimum Gasteiger partial charge on any atom is -0.341 e. The van der Waals surface area contributed by atoms with Gasteiger partial charge in [-0.25, -0.2) is 4.98 Å². The van der Waals surface area contributed by atoms with Gasteiger partial charge in [0.1, 0.15) is 5.82 Å². The molecule has 0 unspecified atom stereocenters. The largest absolute Gasteiger partial charge is 0.341 e. The molecule has 0 amide bonds. The average Bonchev–Trinajstić information content (AvgIpc) is 2.50. The van der Waals surface area contributed by atoms with Crippen molar-refractivity contribution in [3.63, 3.8) is 0 Å². The van der Waals surface area contributed by atoms with E-state index in [0.29, 0.717) is 0 Å². The molecule has 5 heteroatoms. The lowest BCUT2D eigenvalue weighted by molar-refractivity contribution is 0.434. The Morgan fingerprint density at radius 2 is 1.82 bits per heavy atom. The van der Waals surface area contributed by atoms with Crippen LogP contribution in [0.1, 0.15) is 25.5 Å². The number of piperidine rings is 1. The molecule has 1 saturated heterocycles. The summed E-state index contributed by atoms with van der Waals surface area (Å²) in [5, 5.41) is 3.36. The quantitative estimate of drug-likeness (QED) is 0.872. The van der Waals surface area contributed by atoms with Gasteiger partial charge in [-0.05, 0) is 49.9 Å².